The first-order valence-electron chi connectivity index (χ1n) is 5.45. The van der Waals surface area contributed by atoms with Crippen LogP contribution >= 0.6 is 23.1 Å². The zero-order chi connectivity index (χ0) is 13.1. The van der Waals surface area contributed by atoms with Crippen molar-refractivity contribution in [2.75, 3.05) is 12.4 Å². The number of aliphatic hydroxyl groups is 1. The Morgan fingerprint density at radius 3 is 2.89 bits per heavy atom. The minimum absolute atomic E-state index is 0.430. The number of aliphatic carboxylic acids is 1. The van der Waals surface area contributed by atoms with Crippen molar-refractivity contribution in [1.29, 1.82) is 0 Å². The molecule has 1 aromatic heterocycles. The Hall–Kier alpha value is -1.05. The van der Waals surface area contributed by atoms with E-state index >= 15 is 0 Å². The second-order valence-corrected chi connectivity index (χ2v) is 6.15. The number of carbonyl (C=O) groups excluding carboxylic acids is 1. The van der Waals surface area contributed by atoms with E-state index in [2.05, 4.69) is 5.32 Å². The molecule has 3 N–H and O–H groups in total. The Labute approximate surface area is 112 Å². The van der Waals surface area contributed by atoms with Gasteiger partial charge in [0.2, 0.25) is 0 Å². The molecule has 1 amide bonds. The van der Waals surface area contributed by atoms with Crippen LogP contribution in [0.3, 0.4) is 0 Å². The molecule has 5 nitrogen and oxygen atoms in total. The predicted molar refractivity (Wildman–Crippen MR) is 70.2 cm³/mol. The number of hydrogen-bond donors (Lipinski definition) is 3. The van der Waals surface area contributed by atoms with Gasteiger partial charge in [-0.3, -0.25) is 4.79 Å². The van der Waals surface area contributed by atoms with Crippen LogP contribution in [0.1, 0.15) is 20.1 Å². The molecule has 7 heteroatoms. The van der Waals surface area contributed by atoms with E-state index in [1.807, 2.05) is 17.8 Å². The first-order chi connectivity index (χ1) is 8.61. The highest BCUT2D eigenvalue weighted by molar-refractivity contribution is 7.98. The predicted octanol–water partition coefficient (Wildman–Crippen LogP) is 0.713. The largest absolute Gasteiger partial charge is 0.480 e. The number of aryl methyl sites for hydroxylation is 1. The molecule has 0 spiro atoms. The molecule has 2 rings (SSSR count). The van der Waals surface area contributed by atoms with Gasteiger partial charge in [-0.15, -0.1) is 11.3 Å². The Morgan fingerprint density at radius 2 is 2.28 bits per heavy atom. The van der Waals surface area contributed by atoms with Gasteiger partial charge in [-0.1, -0.05) is 0 Å². The van der Waals surface area contributed by atoms with Gasteiger partial charge in [-0.05, 0) is 23.8 Å². The molecule has 18 heavy (non-hydrogen) atoms. The molecule has 0 aromatic carbocycles. The third-order valence-electron chi connectivity index (χ3n) is 2.64. The third-order valence-corrected chi connectivity index (χ3v) is 4.88. The average Bonchev–Trinajstić information content (AvgIpc) is 2.79. The molecule has 1 aromatic rings. The molecule has 0 radical (unpaired) electrons. The van der Waals surface area contributed by atoms with Crippen molar-refractivity contribution in [2.45, 2.75) is 18.2 Å². The number of rotatable bonds is 4. The second-order valence-electron chi connectivity index (χ2n) is 3.91. The molecule has 0 fully saturated rings. The van der Waals surface area contributed by atoms with E-state index in [1.54, 1.807) is 0 Å². The minimum Gasteiger partial charge on any atom is -0.480 e. The van der Waals surface area contributed by atoms with Gasteiger partial charge in [0.15, 0.2) is 6.04 Å². The molecular formula is C11H13NO4S2. The number of thioether (sulfide) groups is 1. The van der Waals surface area contributed by atoms with Crippen molar-refractivity contribution >= 4 is 35.0 Å². The van der Waals surface area contributed by atoms with Crippen molar-refractivity contribution in [3.05, 3.63) is 21.4 Å². The lowest BCUT2D eigenvalue weighted by Crippen LogP contribution is -2.43. The number of nitrogens with one attached hydrogen (secondary N) is 1. The molecule has 1 aliphatic rings. The Kier molecular flexibility index (Phi) is 4.26. The van der Waals surface area contributed by atoms with Crippen LogP contribution in [-0.2, 0) is 17.0 Å². The fourth-order valence-corrected chi connectivity index (χ4v) is 3.95. The number of carboxylic acids is 1. The highest BCUT2D eigenvalue weighted by Gasteiger charge is 2.22. The van der Waals surface area contributed by atoms with Gasteiger partial charge in [0, 0.05) is 10.6 Å². The van der Waals surface area contributed by atoms with E-state index in [0.717, 1.165) is 23.5 Å². The highest BCUT2D eigenvalue weighted by Crippen LogP contribution is 2.31. The number of amides is 1. The van der Waals surface area contributed by atoms with E-state index < -0.39 is 24.5 Å². The van der Waals surface area contributed by atoms with Gasteiger partial charge in [0.1, 0.15) is 0 Å². The summed E-state index contributed by atoms with van der Waals surface area (Å²) >= 11 is 3.23. The van der Waals surface area contributed by atoms with Crippen molar-refractivity contribution < 1.29 is 19.8 Å². The van der Waals surface area contributed by atoms with Crippen molar-refractivity contribution in [1.82, 2.24) is 5.32 Å². The summed E-state index contributed by atoms with van der Waals surface area (Å²) in [5.74, 6) is 0.299. The Balaban J connectivity index is 2.09. The molecule has 1 atom stereocenters. The number of hydrogen-bond acceptors (Lipinski definition) is 5. The minimum atomic E-state index is -1.24. The summed E-state index contributed by atoms with van der Waals surface area (Å²) < 4.78 is 0. The lowest BCUT2D eigenvalue weighted by Gasteiger charge is -2.10. The van der Waals surface area contributed by atoms with Crippen LogP contribution in [-0.4, -0.2) is 40.5 Å². The fraction of sp³-hybridized carbons (Fsp3) is 0.455. The quantitative estimate of drug-likeness (QED) is 0.759. The summed E-state index contributed by atoms with van der Waals surface area (Å²) in [4.78, 5) is 24.3. The van der Waals surface area contributed by atoms with E-state index in [9.17, 15) is 9.59 Å². The van der Waals surface area contributed by atoms with Crippen LogP contribution in [0.25, 0.3) is 0 Å². The summed E-state index contributed by atoms with van der Waals surface area (Å²) in [6, 6.07) is 0.573. The zero-order valence-corrected chi connectivity index (χ0v) is 11.1. The summed E-state index contributed by atoms with van der Waals surface area (Å²) in [5.41, 5.74) is 1.16. The maximum absolute atomic E-state index is 11.9. The standard InChI is InChI=1S/C11H13NO4S2/c13-4-7(11(15)16)12-10(14)9-3-6-5-17-2-1-8(6)18-9/h3,7,13H,1-2,4-5H2,(H,12,14)(H,15,16)/t7-/m0/s1. The average molecular weight is 287 g/mol. The summed E-state index contributed by atoms with van der Waals surface area (Å²) in [7, 11) is 0. The number of fused-ring (bicyclic) bond motifs is 1. The summed E-state index contributed by atoms with van der Waals surface area (Å²) in [6.45, 7) is -0.609. The number of carbonyl (C=O) groups is 2. The van der Waals surface area contributed by atoms with E-state index in [1.165, 1.54) is 16.2 Å². The molecule has 2 heterocycles. The van der Waals surface area contributed by atoms with E-state index in [0.29, 0.717) is 4.88 Å². The monoisotopic (exact) mass is 287 g/mol. The summed E-state index contributed by atoms with van der Waals surface area (Å²) in [5, 5.41) is 19.9. The van der Waals surface area contributed by atoms with Crippen LogP contribution in [0.2, 0.25) is 0 Å². The maximum atomic E-state index is 11.9. The normalized spacial score (nSPS) is 15.8. The number of thiophene rings is 1. The molecule has 1 aliphatic heterocycles. The van der Waals surface area contributed by atoms with Crippen molar-refractivity contribution in [3.8, 4) is 0 Å². The van der Waals surface area contributed by atoms with Crippen molar-refractivity contribution in [3.63, 3.8) is 0 Å². The van der Waals surface area contributed by atoms with Crippen LogP contribution < -0.4 is 5.32 Å². The fourth-order valence-electron chi connectivity index (χ4n) is 1.67. The van der Waals surface area contributed by atoms with E-state index in [4.69, 9.17) is 10.2 Å². The van der Waals surface area contributed by atoms with Gasteiger partial charge in [0.25, 0.3) is 5.91 Å². The van der Waals surface area contributed by atoms with Gasteiger partial charge < -0.3 is 15.5 Å². The van der Waals surface area contributed by atoms with Crippen LogP contribution in [0.5, 0.6) is 0 Å². The lowest BCUT2D eigenvalue weighted by molar-refractivity contribution is -0.140. The SMILES string of the molecule is O=C(N[C@@H](CO)C(=O)O)c1cc2c(s1)CCSC2. The molecule has 0 unspecified atom stereocenters. The molecule has 0 saturated carbocycles. The number of aliphatic hydroxyl groups excluding tert-OH is 1. The summed E-state index contributed by atoms with van der Waals surface area (Å²) in [6.07, 6.45) is 0.959. The third kappa shape index (κ3) is 2.85. The zero-order valence-electron chi connectivity index (χ0n) is 9.51. The maximum Gasteiger partial charge on any atom is 0.328 e. The van der Waals surface area contributed by atoms with Gasteiger partial charge in [-0.2, -0.15) is 11.8 Å². The van der Waals surface area contributed by atoms with Gasteiger partial charge in [-0.25, -0.2) is 4.79 Å². The Morgan fingerprint density at radius 1 is 1.50 bits per heavy atom. The van der Waals surface area contributed by atoms with E-state index in [-0.39, 0.29) is 0 Å². The van der Waals surface area contributed by atoms with Gasteiger partial charge in [0.05, 0.1) is 11.5 Å². The first-order valence-corrected chi connectivity index (χ1v) is 7.42. The second kappa shape index (κ2) is 5.73. The molecule has 0 bridgehead atoms. The highest BCUT2D eigenvalue weighted by atomic mass is 32.2. The molecule has 0 saturated heterocycles. The Bertz CT molecular complexity index is 448. The van der Waals surface area contributed by atoms with Crippen molar-refractivity contribution in [2.24, 2.45) is 0 Å². The molecule has 0 aliphatic carbocycles. The smallest absolute Gasteiger partial charge is 0.328 e. The van der Waals surface area contributed by atoms with Crippen LogP contribution in [0.4, 0.5) is 0 Å². The lowest BCUT2D eigenvalue weighted by atomic mass is 10.2. The number of carboxylic acid groups (broad SMARTS) is 1. The first kappa shape index (κ1) is 13.4. The van der Waals surface area contributed by atoms with Crippen LogP contribution in [0.15, 0.2) is 6.07 Å². The van der Waals surface area contributed by atoms with Crippen LogP contribution in [0, 0.1) is 0 Å². The molecule has 98 valence electrons. The topological polar surface area (TPSA) is 86.6 Å². The molecular weight excluding hydrogens is 274 g/mol. The van der Waals surface area contributed by atoms with Gasteiger partial charge >= 0.3 is 5.97 Å².